The molecule has 5 rings (SSSR count). The van der Waals surface area contributed by atoms with Crippen LogP contribution >= 0.6 is 23.4 Å². The maximum Gasteiger partial charge on any atom is 0.376 e. The van der Waals surface area contributed by atoms with Gasteiger partial charge >= 0.3 is 7.05 Å². The maximum absolute atomic E-state index is 10.2. The molecule has 1 aromatic heterocycles. The summed E-state index contributed by atoms with van der Waals surface area (Å²) in [5, 5.41) is 20.4. The molecule has 3 aliphatic rings. The molecule has 3 aliphatic heterocycles. The van der Waals surface area contributed by atoms with Crippen molar-refractivity contribution < 1.29 is 5.02 Å². The second kappa shape index (κ2) is 8.34. The van der Waals surface area contributed by atoms with Crippen molar-refractivity contribution in [2.75, 3.05) is 17.2 Å². The average Bonchev–Trinajstić information content (AvgIpc) is 2.88. The Balaban J connectivity index is 1.44. The number of aryl methyl sites for hydroxylation is 1. The topological polar surface area (TPSA) is 52.5 Å². The molecule has 1 aromatic carbocycles. The number of aromatic nitrogens is 2. The van der Waals surface area contributed by atoms with Crippen molar-refractivity contribution in [2.24, 2.45) is 0 Å². The van der Waals surface area contributed by atoms with E-state index in [0.29, 0.717) is 18.1 Å². The van der Waals surface area contributed by atoms with Crippen LogP contribution in [0.2, 0.25) is 11.8 Å². The molecule has 30 heavy (non-hydrogen) atoms. The van der Waals surface area contributed by atoms with Gasteiger partial charge in [-0.05, 0) is 75.4 Å². The number of anilines is 1. The second-order valence-corrected chi connectivity index (χ2v) is 10.4. The molecule has 5 nitrogen and oxygen atoms in total. The van der Waals surface area contributed by atoms with Crippen molar-refractivity contribution in [3.05, 3.63) is 34.9 Å². The van der Waals surface area contributed by atoms with Gasteiger partial charge in [-0.2, -0.15) is 0 Å². The molecule has 2 fully saturated rings. The predicted molar refractivity (Wildman–Crippen MR) is 125 cm³/mol. The minimum absolute atomic E-state index is 0.347. The number of benzene rings is 1. The fourth-order valence-electron chi connectivity index (χ4n) is 5.65. The number of thioether (sulfide) groups is 1. The summed E-state index contributed by atoms with van der Waals surface area (Å²) in [6.45, 7) is 5.02. The number of fused-ring (bicyclic) bond motifs is 3. The van der Waals surface area contributed by atoms with Crippen LogP contribution in [0.3, 0.4) is 0 Å². The molecule has 0 radical (unpaired) electrons. The highest BCUT2D eigenvalue weighted by Gasteiger charge is 2.45. The van der Waals surface area contributed by atoms with Gasteiger partial charge in [0.25, 0.3) is 0 Å². The molecular formula is C22H28BClN4OS. The summed E-state index contributed by atoms with van der Waals surface area (Å²) in [6.07, 6.45) is 5.75. The molecule has 158 valence electrons. The van der Waals surface area contributed by atoms with E-state index in [1.807, 2.05) is 36.8 Å². The minimum atomic E-state index is -0.347. The third kappa shape index (κ3) is 3.74. The summed E-state index contributed by atoms with van der Waals surface area (Å²) in [7, 11) is -0.347. The van der Waals surface area contributed by atoms with Gasteiger partial charge in [0.05, 0.1) is 10.6 Å². The van der Waals surface area contributed by atoms with Gasteiger partial charge in [0.15, 0.2) is 5.82 Å². The quantitative estimate of drug-likeness (QED) is 0.706. The van der Waals surface area contributed by atoms with E-state index in [-0.39, 0.29) is 7.05 Å². The molecule has 0 spiro atoms. The summed E-state index contributed by atoms with van der Waals surface area (Å²) in [6, 6.07) is 9.59. The molecule has 4 heterocycles. The second-order valence-electron chi connectivity index (χ2n) is 8.86. The molecule has 0 amide bonds. The van der Waals surface area contributed by atoms with Crippen LogP contribution in [0.5, 0.6) is 0 Å². The number of hydrogen-bond acceptors (Lipinski definition) is 6. The van der Waals surface area contributed by atoms with E-state index < -0.39 is 0 Å². The van der Waals surface area contributed by atoms with Gasteiger partial charge in [-0.1, -0.05) is 17.7 Å². The number of rotatable bonds is 3. The largest absolute Gasteiger partial charge is 0.437 e. The Labute approximate surface area is 188 Å². The van der Waals surface area contributed by atoms with Crippen LogP contribution in [0, 0.1) is 6.92 Å². The van der Waals surface area contributed by atoms with Crippen LogP contribution in [0.25, 0.3) is 11.3 Å². The summed E-state index contributed by atoms with van der Waals surface area (Å²) in [5.74, 6) is 2.15. The number of hydrogen-bond donors (Lipinski definition) is 1. The zero-order valence-corrected chi connectivity index (χ0v) is 19.2. The monoisotopic (exact) mass is 442 g/mol. The van der Waals surface area contributed by atoms with Crippen LogP contribution < -0.4 is 4.90 Å². The van der Waals surface area contributed by atoms with Gasteiger partial charge in [0.1, 0.15) is 0 Å². The molecule has 2 saturated heterocycles. The summed E-state index contributed by atoms with van der Waals surface area (Å²) < 4.78 is 0. The van der Waals surface area contributed by atoms with Gasteiger partial charge in [0, 0.05) is 35.3 Å². The van der Waals surface area contributed by atoms with Crippen molar-refractivity contribution in [2.45, 2.75) is 68.9 Å². The molecule has 8 heteroatoms. The first-order valence-corrected chi connectivity index (χ1v) is 12.4. The fourth-order valence-corrected chi connectivity index (χ4v) is 6.85. The van der Waals surface area contributed by atoms with E-state index in [0.717, 1.165) is 59.2 Å². The van der Waals surface area contributed by atoms with Crippen molar-refractivity contribution in [3.63, 3.8) is 0 Å². The molecule has 0 unspecified atom stereocenters. The van der Waals surface area contributed by atoms with Gasteiger partial charge < -0.3 is 14.7 Å². The first-order chi connectivity index (χ1) is 14.5. The van der Waals surface area contributed by atoms with Gasteiger partial charge in [-0.3, -0.25) is 0 Å². The van der Waals surface area contributed by atoms with E-state index in [1.54, 1.807) is 0 Å². The Morgan fingerprint density at radius 2 is 1.90 bits per heavy atom. The van der Waals surface area contributed by atoms with E-state index in [4.69, 9.17) is 16.7 Å². The highest BCUT2D eigenvalue weighted by Crippen LogP contribution is 2.42. The van der Waals surface area contributed by atoms with Crippen LogP contribution in [-0.2, 0) is 0 Å². The summed E-state index contributed by atoms with van der Waals surface area (Å²) in [5.41, 5.74) is 3.13. The lowest BCUT2D eigenvalue weighted by Gasteiger charge is -2.44. The standard InChI is InChI=1S/C22H28BClN4OS/c1-14-10-15(24)4-7-19(14)20-13-21-22(26-25-20)27(8-3-9-30-21)18-11-16-5-6-17(12-18)28(16)23(2)29/h4,7,10,13,16-18,29H,3,5-6,8-9,11-12H2,1-2H3/t16-,17+,18-. The molecule has 2 aromatic rings. The van der Waals surface area contributed by atoms with Crippen molar-refractivity contribution >= 4 is 36.2 Å². The van der Waals surface area contributed by atoms with Gasteiger partial charge in [0.2, 0.25) is 0 Å². The Hall–Kier alpha value is -1.28. The lowest BCUT2D eigenvalue weighted by Crippen LogP contribution is -2.55. The third-order valence-electron chi connectivity index (χ3n) is 6.91. The molecule has 1 N–H and O–H groups in total. The Bertz CT molecular complexity index is 931. The van der Waals surface area contributed by atoms with Gasteiger partial charge in [-0.25, -0.2) is 0 Å². The Kier molecular flexibility index (Phi) is 5.73. The smallest absolute Gasteiger partial charge is 0.376 e. The first kappa shape index (κ1) is 20.6. The lowest BCUT2D eigenvalue weighted by atomic mass is 9.78. The van der Waals surface area contributed by atoms with E-state index in [1.165, 1.54) is 17.7 Å². The van der Waals surface area contributed by atoms with Crippen molar-refractivity contribution in [1.82, 2.24) is 15.0 Å². The van der Waals surface area contributed by atoms with E-state index in [2.05, 4.69) is 27.8 Å². The van der Waals surface area contributed by atoms with Crippen LogP contribution in [-0.4, -0.2) is 57.5 Å². The average molecular weight is 443 g/mol. The lowest BCUT2D eigenvalue weighted by molar-refractivity contribution is 0.196. The fraction of sp³-hybridized carbons (Fsp3) is 0.545. The zero-order chi connectivity index (χ0) is 20.8. The Morgan fingerprint density at radius 3 is 2.60 bits per heavy atom. The predicted octanol–water partition coefficient (Wildman–Crippen LogP) is 4.51. The number of nitrogens with zero attached hydrogens (tertiary/aromatic N) is 4. The highest BCUT2D eigenvalue weighted by molar-refractivity contribution is 7.99. The summed E-state index contributed by atoms with van der Waals surface area (Å²) >= 11 is 8.04. The Morgan fingerprint density at radius 1 is 1.13 bits per heavy atom. The SMILES string of the molecule is CB(O)N1[C@@H]2CC[C@H]1C[C@H](N1CCCSc3cc(-c4ccc(Cl)cc4C)nnc31)C2. The number of piperidine rings is 1. The van der Waals surface area contributed by atoms with E-state index in [9.17, 15) is 5.02 Å². The third-order valence-corrected chi connectivity index (χ3v) is 8.25. The summed E-state index contributed by atoms with van der Waals surface area (Å²) in [4.78, 5) is 6.09. The normalized spacial score (nSPS) is 26.4. The van der Waals surface area contributed by atoms with Crippen molar-refractivity contribution in [3.8, 4) is 11.3 Å². The first-order valence-electron chi connectivity index (χ1n) is 11.0. The molecule has 3 atom stereocenters. The molecule has 0 saturated carbocycles. The minimum Gasteiger partial charge on any atom is -0.437 e. The zero-order valence-electron chi connectivity index (χ0n) is 17.6. The molecular weight excluding hydrogens is 415 g/mol. The highest BCUT2D eigenvalue weighted by atomic mass is 35.5. The maximum atomic E-state index is 10.2. The van der Waals surface area contributed by atoms with Crippen LogP contribution in [0.1, 0.15) is 37.7 Å². The molecule has 2 bridgehead atoms. The molecule has 0 aliphatic carbocycles. The van der Waals surface area contributed by atoms with Crippen LogP contribution in [0.4, 0.5) is 5.82 Å². The number of halogens is 1. The van der Waals surface area contributed by atoms with Crippen LogP contribution in [0.15, 0.2) is 29.2 Å². The van der Waals surface area contributed by atoms with Crippen molar-refractivity contribution in [1.29, 1.82) is 0 Å². The van der Waals surface area contributed by atoms with E-state index >= 15 is 0 Å². The van der Waals surface area contributed by atoms with Gasteiger partial charge in [-0.15, -0.1) is 22.0 Å².